The van der Waals surface area contributed by atoms with Gasteiger partial charge in [-0.1, -0.05) is 92.7 Å². The standard InChI is InChI=1S/C28H34N2O3S/c1-5-22(4)27(34-28(21(2)3)33-29-18-23-12-8-6-9-13-23)30-19-25(16-17-26(30)31)32-20-24-14-10-7-11-15-24/h6-17,19,22,27,29H,5,18,20H2,1-4H3. The van der Waals surface area contributed by atoms with Crippen molar-refractivity contribution < 1.29 is 9.57 Å². The van der Waals surface area contributed by atoms with Crippen LogP contribution in [0, 0.1) is 5.92 Å². The fourth-order valence-electron chi connectivity index (χ4n) is 3.29. The number of benzene rings is 2. The number of thioether (sulfide) groups is 1. The molecule has 0 aliphatic carbocycles. The summed E-state index contributed by atoms with van der Waals surface area (Å²) < 4.78 is 7.76. The molecule has 0 spiro atoms. The lowest BCUT2D eigenvalue weighted by molar-refractivity contribution is 0.118. The third-order valence-corrected chi connectivity index (χ3v) is 7.12. The van der Waals surface area contributed by atoms with Crippen LogP contribution in [-0.2, 0) is 18.0 Å². The molecule has 0 amide bonds. The number of nitrogens with zero attached hydrogens (tertiary/aromatic N) is 1. The van der Waals surface area contributed by atoms with Crippen LogP contribution < -0.4 is 15.8 Å². The summed E-state index contributed by atoms with van der Waals surface area (Å²) in [7, 11) is 0. The topological polar surface area (TPSA) is 52.5 Å². The van der Waals surface area contributed by atoms with Crippen molar-refractivity contribution in [2.24, 2.45) is 5.92 Å². The van der Waals surface area contributed by atoms with Crippen LogP contribution in [0.4, 0.5) is 0 Å². The molecule has 6 heteroatoms. The summed E-state index contributed by atoms with van der Waals surface area (Å²) in [6.45, 7) is 9.36. The SMILES string of the molecule is CCC(C)C(SC(ONCc1ccccc1)=C(C)C)n1cc(OCc2ccccc2)ccc1=O. The Morgan fingerprint density at radius 1 is 0.971 bits per heavy atom. The van der Waals surface area contributed by atoms with E-state index in [2.05, 4.69) is 19.3 Å². The monoisotopic (exact) mass is 478 g/mol. The summed E-state index contributed by atoms with van der Waals surface area (Å²) >= 11 is 1.56. The van der Waals surface area contributed by atoms with E-state index in [0.717, 1.165) is 28.2 Å². The first-order valence-corrected chi connectivity index (χ1v) is 12.5. The molecule has 2 unspecified atom stereocenters. The lowest BCUT2D eigenvalue weighted by atomic mass is 10.1. The Labute approximate surface area is 206 Å². The maximum absolute atomic E-state index is 12.9. The predicted molar refractivity (Wildman–Crippen MR) is 140 cm³/mol. The number of ether oxygens (including phenoxy) is 1. The molecule has 2 atom stereocenters. The van der Waals surface area contributed by atoms with E-state index in [4.69, 9.17) is 9.57 Å². The number of pyridine rings is 1. The van der Waals surface area contributed by atoms with Crippen LogP contribution in [0.25, 0.3) is 0 Å². The number of aromatic nitrogens is 1. The van der Waals surface area contributed by atoms with Crippen molar-refractivity contribution in [1.29, 1.82) is 0 Å². The van der Waals surface area contributed by atoms with E-state index in [1.165, 1.54) is 0 Å². The molecule has 5 nitrogen and oxygen atoms in total. The molecule has 1 aromatic heterocycles. The Hall–Kier alpha value is -2.96. The van der Waals surface area contributed by atoms with Crippen molar-refractivity contribution in [2.45, 2.75) is 52.6 Å². The van der Waals surface area contributed by atoms with Crippen molar-refractivity contribution >= 4 is 11.8 Å². The zero-order valence-corrected chi connectivity index (χ0v) is 21.2. The lowest BCUT2D eigenvalue weighted by Gasteiger charge is -2.26. The summed E-state index contributed by atoms with van der Waals surface area (Å²) in [4.78, 5) is 18.9. The first-order valence-electron chi connectivity index (χ1n) is 11.6. The molecule has 180 valence electrons. The van der Waals surface area contributed by atoms with Gasteiger partial charge in [0.05, 0.1) is 18.1 Å². The molecule has 0 radical (unpaired) electrons. The van der Waals surface area contributed by atoms with E-state index in [-0.39, 0.29) is 16.9 Å². The molecule has 3 aromatic rings. The van der Waals surface area contributed by atoms with Crippen LogP contribution in [-0.4, -0.2) is 4.57 Å². The number of rotatable bonds is 12. The van der Waals surface area contributed by atoms with E-state index in [1.54, 1.807) is 28.5 Å². The molecule has 34 heavy (non-hydrogen) atoms. The molecular formula is C28H34N2O3S. The number of nitrogens with one attached hydrogen (secondary N) is 1. The van der Waals surface area contributed by atoms with Crippen molar-refractivity contribution in [2.75, 3.05) is 0 Å². The molecule has 1 heterocycles. The quantitative estimate of drug-likeness (QED) is 0.232. The largest absolute Gasteiger partial charge is 0.487 e. The number of hydrogen-bond donors (Lipinski definition) is 1. The van der Waals surface area contributed by atoms with Gasteiger partial charge in [0.25, 0.3) is 5.56 Å². The molecule has 0 aliphatic rings. The molecule has 2 aromatic carbocycles. The van der Waals surface area contributed by atoms with Crippen molar-refractivity contribution in [3.63, 3.8) is 0 Å². The van der Waals surface area contributed by atoms with Crippen molar-refractivity contribution in [3.8, 4) is 5.75 Å². The zero-order chi connectivity index (χ0) is 24.3. The van der Waals surface area contributed by atoms with Gasteiger partial charge in [0, 0.05) is 6.07 Å². The number of allylic oxidation sites excluding steroid dienone is 1. The Morgan fingerprint density at radius 3 is 2.24 bits per heavy atom. The van der Waals surface area contributed by atoms with E-state index >= 15 is 0 Å². The van der Waals surface area contributed by atoms with E-state index in [0.29, 0.717) is 18.9 Å². The Morgan fingerprint density at radius 2 is 1.62 bits per heavy atom. The third kappa shape index (κ3) is 7.54. The first kappa shape index (κ1) is 25.7. The second kappa shape index (κ2) is 13.1. The van der Waals surface area contributed by atoms with Gasteiger partial charge in [0.2, 0.25) is 0 Å². The van der Waals surface area contributed by atoms with Crippen molar-refractivity contribution in [3.05, 3.63) is 111 Å². The second-order valence-electron chi connectivity index (χ2n) is 8.47. The second-order valence-corrected chi connectivity index (χ2v) is 9.56. The van der Waals surface area contributed by atoms with Gasteiger partial charge < -0.3 is 9.57 Å². The van der Waals surface area contributed by atoms with Gasteiger partial charge >= 0.3 is 0 Å². The molecule has 0 bridgehead atoms. The van der Waals surface area contributed by atoms with E-state index in [9.17, 15) is 4.79 Å². The molecule has 0 saturated heterocycles. The minimum Gasteiger partial charge on any atom is -0.487 e. The average Bonchev–Trinajstić information content (AvgIpc) is 2.86. The van der Waals surface area contributed by atoms with Crippen LogP contribution in [0.15, 0.2) is 94.5 Å². The Bertz CT molecular complexity index is 1110. The van der Waals surface area contributed by atoms with Crippen LogP contribution >= 0.6 is 11.8 Å². The van der Waals surface area contributed by atoms with E-state index < -0.39 is 0 Å². The predicted octanol–water partition coefficient (Wildman–Crippen LogP) is 6.68. The van der Waals surface area contributed by atoms with E-state index in [1.807, 2.05) is 80.7 Å². The number of hydrogen-bond acceptors (Lipinski definition) is 5. The highest BCUT2D eigenvalue weighted by Crippen LogP contribution is 2.38. The summed E-state index contributed by atoms with van der Waals surface area (Å²) in [6, 6.07) is 23.4. The Kier molecular flexibility index (Phi) is 9.86. The average molecular weight is 479 g/mol. The van der Waals surface area contributed by atoms with Gasteiger partial charge in [-0.05, 0) is 42.5 Å². The Balaban J connectivity index is 1.75. The minimum atomic E-state index is -0.138. The molecule has 3 rings (SSSR count). The van der Waals surface area contributed by atoms with Gasteiger partial charge in [-0.3, -0.25) is 9.36 Å². The lowest BCUT2D eigenvalue weighted by Crippen LogP contribution is -2.26. The molecular weight excluding hydrogens is 444 g/mol. The highest BCUT2D eigenvalue weighted by molar-refractivity contribution is 8.02. The van der Waals surface area contributed by atoms with Crippen LogP contribution in [0.2, 0.25) is 0 Å². The van der Waals surface area contributed by atoms with Crippen molar-refractivity contribution in [1.82, 2.24) is 10.0 Å². The summed E-state index contributed by atoms with van der Waals surface area (Å²) in [5.74, 6) is 0.901. The maximum Gasteiger partial charge on any atom is 0.251 e. The fourth-order valence-corrected chi connectivity index (χ4v) is 4.56. The molecule has 0 fully saturated rings. The van der Waals surface area contributed by atoms with Gasteiger partial charge in [-0.2, -0.15) is 5.48 Å². The molecule has 1 N–H and O–H groups in total. The van der Waals surface area contributed by atoms with Gasteiger partial charge in [-0.15, -0.1) is 0 Å². The summed E-state index contributed by atoms with van der Waals surface area (Å²) in [5.41, 5.74) is 6.27. The normalized spacial score (nSPS) is 12.6. The summed E-state index contributed by atoms with van der Waals surface area (Å²) in [5, 5.41) is 0.630. The third-order valence-electron chi connectivity index (χ3n) is 5.48. The summed E-state index contributed by atoms with van der Waals surface area (Å²) in [6.07, 6.45) is 2.74. The molecule has 0 saturated carbocycles. The van der Waals surface area contributed by atoms with Crippen LogP contribution in [0.5, 0.6) is 5.75 Å². The first-order chi connectivity index (χ1) is 16.5. The van der Waals surface area contributed by atoms with Crippen LogP contribution in [0.3, 0.4) is 0 Å². The maximum atomic E-state index is 12.9. The van der Waals surface area contributed by atoms with Crippen LogP contribution in [0.1, 0.15) is 50.6 Å². The van der Waals surface area contributed by atoms with Gasteiger partial charge in [0.1, 0.15) is 12.4 Å². The highest BCUT2D eigenvalue weighted by atomic mass is 32.2. The smallest absolute Gasteiger partial charge is 0.251 e. The van der Waals surface area contributed by atoms with Gasteiger partial charge in [0.15, 0.2) is 5.09 Å². The van der Waals surface area contributed by atoms with Gasteiger partial charge in [-0.25, -0.2) is 0 Å². The fraction of sp³-hybridized carbons (Fsp3) is 0.321. The highest BCUT2D eigenvalue weighted by Gasteiger charge is 2.23. The molecule has 0 aliphatic heterocycles. The minimum absolute atomic E-state index is 0.0600. The number of hydroxylamine groups is 1. The zero-order valence-electron chi connectivity index (χ0n) is 20.4.